The Bertz CT molecular complexity index is 713. The van der Waals surface area contributed by atoms with Crippen molar-refractivity contribution in [2.24, 2.45) is 0 Å². The van der Waals surface area contributed by atoms with Crippen LogP contribution in [-0.4, -0.2) is 23.3 Å². The van der Waals surface area contributed by atoms with Gasteiger partial charge in [0.05, 0.1) is 12.0 Å². The summed E-state index contributed by atoms with van der Waals surface area (Å²) in [7, 11) is 1.53. The Hall–Kier alpha value is -3.09. The Balaban J connectivity index is 2.38. The summed E-state index contributed by atoms with van der Waals surface area (Å²) in [6.07, 6.45) is -1.19. The smallest absolute Gasteiger partial charge is 0.497 e. The summed E-state index contributed by atoms with van der Waals surface area (Å²) in [5.74, 6) is 0.713. The summed E-state index contributed by atoms with van der Waals surface area (Å²) in [6.45, 7) is 0. The van der Waals surface area contributed by atoms with Crippen LogP contribution in [0.25, 0.3) is 0 Å². The van der Waals surface area contributed by atoms with Crippen LogP contribution < -0.4 is 9.47 Å². The molecular formula is C15H13NO6. The predicted octanol–water partition coefficient (Wildman–Crippen LogP) is 3.25. The number of carbonyl (C=O) groups is 1. The lowest BCUT2D eigenvalue weighted by Gasteiger charge is -2.09. The standard InChI is InChI=1S/C15H13NO6/c1-21-13-4-2-3-10(8-13)7-11-9-12(16(19)20)5-6-14(11)22-15(17)18/h2-6,8-9H,7H2,1H3,(H,17,18). The molecule has 0 bridgehead atoms. The quantitative estimate of drug-likeness (QED) is 0.394. The topological polar surface area (TPSA) is 98.9 Å². The molecule has 0 amide bonds. The van der Waals surface area contributed by atoms with E-state index in [1.54, 1.807) is 18.2 Å². The van der Waals surface area contributed by atoms with Crippen LogP contribution in [0.3, 0.4) is 0 Å². The first-order valence-electron chi connectivity index (χ1n) is 6.30. The van der Waals surface area contributed by atoms with Gasteiger partial charge in [0.15, 0.2) is 0 Å². The van der Waals surface area contributed by atoms with Crippen LogP contribution in [0.15, 0.2) is 42.5 Å². The maximum Gasteiger partial charge on any atom is 0.511 e. The van der Waals surface area contributed by atoms with Gasteiger partial charge in [-0.15, -0.1) is 0 Å². The molecular weight excluding hydrogens is 290 g/mol. The van der Waals surface area contributed by atoms with Crippen LogP contribution in [-0.2, 0) is 6.42 Å². The third-order valence-electron chi connectivity index (χ3n) is 2.98. The maximum absolute atomic E-state index is 10.9. The van der Waals surface area contributed by atoms with Crippen molar-refractivity contribution in [1.29, 1.82) is 0 Å². The first-order chi connectivity index (χ1) is 10.5. The number of carboxylic acid groups (broad SMARTS) is 1. The van der Waals surface area contributed by atoms with Gasteiger partial charge in [-0.05, 0) is 23.8 Å². The summed E-state index contributed by atoms with van der Waals surface area (Å²) in [5, 5.41) is 19.6. The lowest BCUT2D eigenvalue weighted by atomic mass is 10.0. The fourth-order valence-corrected chi connectivity index (χ4v) is 2.01. The minimum atomic E-state index is -1.47. The summed E-state index contributed by atoms with van der Waals surface area (Å²) in [6, 6.07) is 10.9. The summed E-state index contributed by atoms with van der Waals surface area (Å²) < 4.78 is 9.79. The van der Waals surface area contributed by atoms with Gasteiger partial charge in [-0.1, -0.05) is 12.1 Å². The van der Waals surface area contributed by atoms with E-state index < -0.39 is 11.1 Å². The van der Waals surface area contributed by atoms with Crippen molar-refractivity contribution in [3.05, 3.63) is 63.7 Å². The molecule has 0 atom stereocenters. The van der Waals surface area contributed by atoms with Crippen molar-refractivity contribution in [1.82, 2.24) is 0 Å². The Morgan fingerprint density at radius 3 is 2.68 bits per heavy atom. The van der Waals surface area contributed by atoms with E-state index in [2.05, 4.69) is 4.74 Å². The van der Waals surface area contributed by atoms with E-state index in [9.17, 15) is 14.9 Å². The minimum Gasteiger partial charge on any atom is -0.497 e. The van der Waals surface area contributed by atoms with E-state index in [1.807, 2.05) is 6.07 Å². The monoisotopic (exact) mass is 303 g/mol. The highest BCUT2D eigenvalue weighted by Gasteiger charge is 2.14. The van der Waals surface area contributed by atoms with Gasteiger partial charge in [0.1, 0.15) is 11.5 Å². The van der Waals surface area contributed by atoms with Gasteiger partial charge >= 0.3 is 6.16 Å². The molecule has 0 aromatic heterocycles. The second-order valence-electron chi connectivity index (χ2n) is 4.45. The van der Waals surface area contributed by atoms with E-state index in [0.717, 1.165) is 5.56 Å². The van der Waals surface area contributed by atoms with E-state index >= 15 is 0 Å². The van der Waals surface area contributed by atoms with E-state index in [-0.39, 0.29) is 17.9 Å². The van der Waals surface area contributed by atoms with Gasteiger partial charge in [-0.2, -0.15) is 0 Å². The van der Waals surface area contributed by atoms with Crippen LogP contribution in [0.5, 0.6) is 11.5 Å². The maximum atomic E-state index is 10.9. The number of nitro groups is 1. The third-order valence-corrected chi connectivity index (χ3v) is 2.98. The average Bonchev–Trinajstić information content (AvgIpc) is 2.48. The number of ether oxygens (including phenoxy) is 2. The Morgan fingerprint density at radius 1 is 1.27 bits per heavy atom. The highest BCUT2D eigenvalue weighted by atomic mass is 16.7. The van der Waals surface area contributed by atoms with Crippen molar-refractivity contribution in [3.8, 4) is 11.5 Å². The molecule has 0 saturated heterocycles. The SMILES string of the molecule is COc1cccc(Cc2cc([N+](=O)[O-])ccc2OC(=O)O)c1. The average molecular weight is 303 g/mol. The summed E-state index contributed by atoms with van der Waals surface area (Å²) in [5.41, 5.74) is 1.09. The largest absolute Gasteiger partial charge is 0.511 e. The second kappa shape index (κ2) is 6.57. The molecule has 22 heavy (non-hydrogen) atoms. The minimum absolute atomic E-state index is 0.0703. The first-order valence-corrected chi connectivity index (χ1v) is 6.30. The molecule has 0 unspecified atom stereocenters. The molecule has 0 aliphatic carbocycles. The molecule has 0 fully saturated rings. The summed E-state index contributed by atoms with van der Waals surface area (Å²) in [4.78, 5) is 21.0. The van der Waals surface area contributed by atoms with Crippen molar-refractivity contribution < 1.29 is 24.3 Å². The number of methoxy groups -OCH3 is 1. The van der Waals surface area contributed by atoms with E-state index in [0.29, 0.717) is 11.3 Å². The molecule has 0 aliphatic rings. The van der Waals surface area contributed by atoms with Crippen LogP contribution in [0, 0.1) is 10.1 Å². The van der Waals surface area contributed by atoms with E-state index in [4.69, 9.17) is 9.84 Å². The van der Waals surface area contributed by atoms with Gasteiger partial charge in [0, 0.05) is 24.1 Å². The van der Waals surface area contributed by atoms with Gasteiger partial charge in [-0.3, -0.25) is 10.1 Å². The molecule has 7 nitrogen and oxygen atoms in total. The van der Waals surface area contributed by atoms with Crippen LogP contribution in [0.1, 0.15) is 11.1 Å². The van der Waals surface area contributed by atoms with Gasteiger partial charge in [0.2, 0.25) is 0 Å². The number of nitro benzene ring substituents is 1. The van der Waals surface area contributed by atoms with Gasteiger partial charge in [0.25, 0.3) is 5.69 Å². The van der Waals surface area contributed by atoms with Gasteiger partial charge in [-0.25, -0.2) is 4.79 Å². The molecule has 0 aliphatic heterocycles. The lowest BCUT2D eigenvalue weighted by molar-refractivity contribution is -0.384. The normalized spacial score (nSPS) is 10.0. The lowest BCUT2D eigenvalue weighted by Crippen LogP contribution is -2.06. The molecule has 1 N–H and O–H groups in total. The second-order valence-corrected chi connectivity index (χ2v) is 4.45. The molecule has 0 radical (unpaired) electrons. The van der Waals surface area contributed by atoms with Crippen molar-refractivity contribution in [2.75, 3.05) is 7.11 Å². The zero-order valence-electron chi connectivity index (χ0n) is 11.7. The summed E-state index contributed by atoms with van der Waals surface area (Å²) >= 11 is 0. The predicted molar refractivity (Wildman–Crippen MR) is 77.5 cm³/mol. The van der Waals surface area contributed by atoms with Crippen molar-refractivity contribution in [2.45, 2.75) is 6.42 Å². The van der Waals surface area contributed by atoms with Crippen molar-refractivity contribution in [3.63, 3.8) is 0 Å². The number of nitrogens with zero attached hydrogens (tertiary/aromatic N) is 1. The Morgan fingerprint density at radius 2 is 2.05 bits per heavy atom. The van der Waals surface area contributed by atoms with Crippen LogP contribution in [0.2, 0.25) is 0 Å². The number of hydrogen-bond acceptors (Lipinski definition) is 5. The highest BCUT2D eigenvalue weighted by Crippen LogP contribution is 2.27. The molecule has 114 valence electrons. The van der Waals surface area contributed by atoms with Gasteiger partial charge < -0.3 is 14.6 Å². The number of hydrogen-bond donors (Lipinski definition) is 1. The molecule has 0 saturated carbocycles. The van der Waals surface area contributed by atoms with Crippen molar-refractivity contribution >= 4 is 11.8 Å². The first kappa shape index (κ1) is 15.3. The number of rotatable bonds is 5. The molecule has 7 heteroatoms. The Kier molecular flexibility index (Phi) is 4.57. The fourth-order valence-electron chi connectivity index (χ4n) is 2.01. The fraction of sp³-hybridized carbons (Fsp3) is 0.133. The molecule has 0 spiro atoms. The highest BCUT2D eigenvalue weighted by molar-refractivity contribution is 5.63. The zero-order valence-corrected chi connectivity index (χ0v) is 11.7. The molecule has 2 aromatic carbocycles. The number of non-ortho nitro benzene ring substituents is 1. The van der Waals surface area contributed by atoms with Crippen LogP contribution in [0.4, 0.5) is 10.5 Å². The van der Waals surface area contributed by atoms with Crippen LogP contribution >= 0.6 is 0 Å². The third kappa shape index (κ3) is 3.72. The van der Waals surface area contributed by atoms with E-state index in [1.165, 1.54) is 25.3 Å². The number of benzene rings is 2. The molecule has 0 heterocycles. The molecule has 2 rings (SSSR count). The Labute approximate surface area is 125 Å². The zero-order chi connectivity index (χ0) is 16.1. The molecule has 2 aromatic rings.